The summed E-state index contributed by atoms with van der Waals surface area (Å²) in [4.78, 5) is 0. The summed E-state index contributed by atoms with van der Waals surface area (Å²) in [5, 5.41) is 3.02. The first kappa shape index (κ1) is 11.9. The summed E-state index contributed by atoms with van der Waals surface area (Å²) < 4.78 is 14.4. The van der Waals surface area contributed by atoms with Crippen LogP contribution < -0.4 is 11.1 Å². The van der Waals surface area contributed by atoms with Crippen molar-refractivity contribution in [2.45, 2.75) is 6.92 Å². The highest BCUT2D eigenvalue weighted by Crippen LogP contribution is 2.29. The van der Waals surface area contributed by atoms with Crippen LogP contribution in [0.5, 0.6) is 0 Å². The number of hydrogen-bond acceptors (Lipinski definition) is 2. The highest BCUT2D eigenvalue weighted by molar-refractivity contribution is 9.10. The van der Waals surface area contributed by atoms with E-state index in [9.17, 15) is 4.39 Å². The highest BCUT2D eigenvalue weighted by Gasteiger charge is 2.07. The van der Waals surface area contributed by atoms with Gasteiger partial charge in [0.2, 0.25) is 0 Å². The fourth-order valence-electron chi connectivity index (χ4n) is 1.59. The third-order valence-corrected chi connectivity index (χ3v) is 2.99. The SMILES string of the molecule is Cc1cccc(N)c1Nc1ccc(Br)cc1F. The van der Waals surface area contributed by atoms with Crippen LogP contribution in [-0.4, -0.2) is 0 Å². The van der Waals surface area contributed by atoms with E-state index in [1.807, 2.05) is 19.1 Å². The molecule has 2 nitrogen and oxygen atoms in total. The molecule has 3 N–H and O–H groups in total. The molecular weight excluding hydrogens is 283 g/mol. The second-order valence-corrected chi connectivity index (χ2v) is 4.70. The Morgan fingerprint density at radius 1 is 1.24 bits per heavy atom. The molecule has 0 radical (unpaired) electrons. The first-order valence-corrected chi connectivity index (χ1v) is 5.94. The Hall–Kier alpha value is -1.55. The fraction of sp³-hybridized carbons (Fsp3) is 0.0769. The third-order valence-electron chi connectivity index (χ3n) is 2.50. The van der Waals surface area contributed by atoms with E-state index in [0.29, 0.717) is 15.8 Å². The van der Waals surface area contributed by atoms with Gasteiger partial charge in [0.15, 0.2) is 0 Å². The lowest BCUT2D eigenvalue weighted by Gasteiger charge is -2.13. The van der Waals surface area contributed by atoms with Crippen molar-refractivity contribution < 1.29 is 4.39 Å². The van der Waals surface area contributed by atoms with E-state index in [1.165, 1.54) is 6.07 Å². The predicted octanol–water partition coefficient (Wildman–Crippen LogP) is 4.22. The van der Waals surface area contributed by atoms with E-state index >= 15 is 0 Å². The Labute approximate surface area is 108 Å². The summed E-state index contributed by atoms with van der Waals surface area (Å²) >= 11 is 3.22. The van der Waals surface area contributed by atoms with Gasteiger partial charge < -0.3 is 11.1 Å². The maximum absolute atomic E-state index is 13.7. The molecule has 0 saturated carbocycles. The van der Waals surface area contributed by atoms with E-state index in [0.717, 1.165) is 11.3 Å². The molecule has 0 aliphatic rings. The molecule has 2 aromatic carbocycles. The topological polar surface area (TPSA) is 38.0 Å². The van der Waals surface area contributed by atoms with Crippen molar-refractivity contribution in [1.82, 2.24) is 0 Å². The Kier molecular flexibility index (Phi) is 3.33. The van der Waals surface area contributed by atoms with E-state index in [2.05, 4.69) is 21.2 Å². The number of halogens is 2. The summed E-state index contributed by atoms with van der Waals surface area (Å²) in [6.45, 7) is 1.93. The lowest BCUT2D eigenvalue weighted by atomic mass is 10.1. The van der Waals surface area contributed by atoms with Gasteiger partial charge in [0.05, 0.1) is 17.1 Å². The normalized spacial score (nSPS) is 10.3. The molecule has 88 valence electrons. The van der Waals surface area contributed by atoms with Crippen molar-refractivity contribution in [3.8, 4) is 0 Å². The van der Waals surface area contributed by atoms with Gasteiger partial charge >= 0.3 is 0 Å². The maximum Gasteiger partial charge on any atom is 0.147 e. The Morgan fingerprint density at radius 3 is 2.65 bits per heavy atom. The summed E-state index contributed by atoms with van der Waals surface area (Å²) in [6.07, 6.45) is 0. The monoisotopic (exact) mass is 294 g/mol. The average Bonchev–Trinajstić information content (AvgIpc) is 2.26. The predicted molar refractivity (Wildman–Crippen MR) is 73.0 cm³/mol. The van der Waals surface area contributed by atoms with Crippen LogP contribution >= 0.6 is 15.9 Å². The lowest BCUT2D eigenvalue weighted by molar-refractivity contribution is 0.631. The molecule has 0 aliphatic carbocycles. The number of aryl methyl sites for hydroxylation is 1. The number of anilines is 3. The van der Waals surface area contributed by atoms with Gasteiger partial charge in [0.25, 0.3) is 0 Å². The van der Waals surface area contributed by atoms with Crippen LogP contribution in [0.25, 0.3) is 0 Å². The maximum atomic E-state index is 13.7. The number of hydrogen-bond donors (Lipinski definition) is 2. The number of nitrogen functional groups attached to an aromatic ring is 1. The van der Waals surface area contributed by atoms with Crippen molar-refractivity contribution in [3.63, 3.8) is 0 Å². The molecule has 0 atom stereocenters. The molecule has 4 heteroatoms. The van der Waals surface area contributed by atoms with Gasteiger partial charge in [-0.25, -0.2) is 4.39 Å². The quantitative estimate of drug-likeness (QED) is 0.814. The van der Waals surface area contributed by atoms with Gasteiger partial charge in [-0.15, -0.1) is 0 Å². The zero-order valence-electron chi connectivity index (χ0n) is 9.30. The van der Waals surface area contributed by atoms with Gasteiger partial charge in [0, 0.05) is 4.47 Å². The molecular formula is C13H12BrFN2. The van der Waals surface area contributed by atoms with Crippen LogP contribution in [0.1, 0.15) is 5.56 Å². The van der Waals surface area contributed by atoms with Gasteiger partial charge in [0.1, 0.15) is 5.82 Å². The molecule has 0 amide bonds. The molecule has 0 saturated heterocycles. The van der Waals surface area contributed by atoms with E-state index < -0.39 is 0 Å². The van der Waals surface area contributed by atoms with E-state index in [-0.39, 0.29) is 5.82 Å². The largest absolute Gasteiger partial charge is 0.397 e. The zero-order chi connectivity index (χ0) is 12.4. The molecule has 2 rings (SSSR count). The van der Waals surface area contributed by atoms with Crippen molar-refractivity contribution in [2.24, 2.45) is 0 Å². The summed E-state index contributed by atoms with van der Waals surface area (Å²) in [6, 6.07) is 10.4. The van der Waals surface area contributed by atoms with Crippen LogP contribution in [0.2, 0.25) is 0 Å². The number of nitrogens with two attached hydrogens (primary N) is 1. The van der Waals surface area contributed by atoms with Gasteiger partial charge in [-0.2, -0.15) is 0 Å². The van der Waals surface area contributed by atoms with Crippen LogP contribution in [0.15, 0.2) is 40.9 Å². The average molecular weight is 295 g/mol. The van der Waals surface area contributed by atoms with Crippen molar-refractivity contribution in [2.75, 3.05) is 11.1 Å². The standard InChI is InChI=1S/C13H12BrFN2/c1-8-3-2-4-11(16)13(8)17-12-6-5-9(14)7-10(12)15/h2-7,17H,16H2,1H3. The summed E-state index contributed by atoms with van der Waals surface area (Å²) in [5.41, 5.74) is 8.59. The van der Waals surface area contributed by atoms with E-state index in [1.54, 1.807) is 18.2 Å². The number of benzene rings is 2. The Bertz CT molecular complexity index is 535. The van der Waals surface area contributed by atoms with E-state index in [4.69, 9.17) is 5.73 Å². The van der Waals surface area contributed by atoms with Crippen molar-refractivity contribution >= 4 is 33.0 Å². The second-order valence-electron chi connectivity index (χ2n) is 3.79. The van der Waals surface area contributed by atoms with Crippen LogP contribution in [0.4, 0.5) is 21.5 Å². The summed E-state index contributed by atoms with van der Waals surface area (Å²) in [5.74, 6) is -0.318. The second kappa shape index (κ2) is 4.75. The van der Waals surface area contributed by atoms with Crippen LogP contribution in [0, 0.1) is 12.7 Å². The molecule has 0 aliphatic heterocycles. The fourth-order valence-corrected chi connectivity index (χ4v) is 1.92. The van der Waals surface area contributed by atoms with Gasteiger partial charge in [-0.1, -0.05) is 28.1 Å². The molecule has 17 heavy (non-hydrogen) atoms. The van der Waals surface area contributed by atoms with Crippen molar-refractivity contribution in [1.29, 1.82) is 0 Å². The van der Waals surface area contributed by atoms with Gasteiger partial charge in [-0.05, 0) is 36.8 Å². The van der Waals surface area contributed by atoms with Crippen LogP contribution in [0.3, 0.4) is 0 Å². The lowest BCUT2D eigenvalue weighted by Crippen LogP contribution is -2.00. The molecule has 0 fully saturated rings. The van der Waals surface area contributed by atoms with Crippen LogP contribution in [-0.2, 0) is 0 Å². The van der Waals surface area contributed by atoms with Gasteiger partial charge in [-0.3, -0.25) is 0 Å². The van der Waals surface area contributed by atoms with Crippen molar-refractivity contribution in [3.05, 3.63) is 52.3 Å². The number of nitrogens with one attached hydrogen (secondary N) is 1. The highest BCUT2D eigenvalue weighted by atomic mass is 79.9. The Balaban J connectivity index is 2.38. The smallest absolute Gasteiger partial charge is 0.147 e. The number of para-hydroxylation sites is 1. The molecule has 0 unspecified atom stereocenters. The molecule has 0 aromatic heterocycles. The minimum atomic E-state index is -0.318. The zero-order valence-corrected chi connectivity index (χ0v) is 10.9. The molecule has 0 bridgehead atoms. The molecule has 0 spiro atoms. The number of rotatable bonds is 2. The minimum absolute atomic E-state index is 0.318. The molecule has 0 heterocycles. The first-order chi connectivity index (χ1) is 8.08. The first-order valence-electron chi connectivity index (χ1n) is 5.15. The summed E-state index contributed by atoms with van der Waals surface area (Å²) in [7, 11) is 0. The molecule has 2 aromatic rings. The minimum Gasteiger partial charge on any atom is -0.397 e. The third kappa shape index (κ3) is 2.58. The Morgan fingerprint density at radius 2 is 2.00 bits per heavy atom.